The molecule has 9 heteroatoms. The zero-order valence-electron chi connectivity index (χ0n) is 16.7. The Hall–Kier alpha value is -3.49. The van der Waals surface area contributed by atoms with Gasteiger partial charge in [-0.1, -0.05) is 6.07 Å². The van der Waals surface area contributed by atoms with Gasteiger partial charge >= 0.3 is 0 Å². The number of likely N-dealkylation sites (tertiary alicyclic amines) is 1. The third kappa shape index (κ3) is 4.40. The van der Waals surface area contributed by atoms with E-state index in [0.717, 1.165) is 12.8 Å². The molecule has 1 aliphatic heterocycles. The number of hydrogen-bond donors (Lipinski definition) is 1. The lowest BCUT2D eigenvalue weighted by molar-refractivity contribution is 0.0678. The van der Waals surface area contributed by atoms with Gasteiger partial charge in [0, 0.05) is 39.1 Å². The number of amides is 2. The van der Waals surface area contributed by atoms with Crippen LogP contribution in [-0.2, 0) is 7.05 Å². The number of nitrogens with zero attached hydrogens (tertiary/aromatic N) is 5. The topological polar surface area (TPSA) is 85.0 Å². The first-order chi connectivity index (χ1) is 14.5. The quantitative estimate of drug-likeness (QED) is 0.698. The maximum Gasteiger partial charge on any atom is 0.274 e. The summed E-state index contributed by atoms with van der Waals surface area (Å²) in [6, 6.07) is 7.71. The molecule has 1 aliphatic rings. The van der Waals surface area contributed by atoms with Crippen LogP contribution in [0, 0.1) is 11.7 Å². The van der Waals surface area contributed by atoms with E-state index in [1.807, 2.05) is 0 Å². The van der Waals surface area contributed by atoms with Gasteiger partial charge < -0.3 is 10.2 Å². The van der Waals surface area contributed by atoms with Gasteiger partial charge in [-0.25, -0.2) is 9.07 Å². The van der Waals surface area contributed by atoms with Crippen molar-refractivity contribution in [2.75, 3.05) is 19.6 Å². The Labute approximate surface area is 173 Å². The summed E-state index contributed by atoms with van der Waals surface area (Å²) in [6.07, 6.45) is 6.50. The molecule has 0 atom stereocenters. The average Bonchev–Trinajstić information content (AvgIpc) is 3.41. The van der Waals surface area contributed by atoms with E-state index in [0.29, 0.717) is 42.5 Å². The molecule has 0 bridgehead atoms. The number of carbonyl (C=O) groups excluding carboxylic acids is 2. The van der Waals surface area contributed by atoms with Crippen LogP contribution in [0.15, 0.2) is 48.9 Å². The first kappa shape index (κ1) is 19.8. The lowest BCUT2D eigenvalue weighted by Crippen LogP contribution is -2.41. The molecule has 30 heavy (non-hydrogen) atoms. The predicted octanol–water partition coefficient (Wildman–Crippen LogP) is 2.03. The van der Waals surface area contributed by atoms with Gasteiger partial charge in [-0.05, 0) is 43.0 Å². The SMILES string of the molecule is Cn1cc(C(=O)NCC2CCN(C(=O)c3ccn(-c4cccc(F)c4)n3)CC2)cn1. The fraction of sp³-hybridized carbons (Fsp3) is 0.333. The van der Waals surface area contributed by atoms with Crippen molar-refractivity contribution in [3.05, 3.63) is 66.0 Å². The molecule has 0 radical (unpaired) electrons. The minimum atomic E-state index is -0.353. The fourth-order valence-electron chi connectivity index (χ4n) is 3.58. The van der Waals surface area contributed by atoms with Gasteiger partial charge in [-0.2, -0.15) is 10.2 Å². The molecule has 2 aromatic heterocycles. The zero-order chi connectivity index (χ0) is 21.1. The van der Waals surface area contributed by atoms with Gasteiger partial charge in [0.2, 0.25) is 0 Å². The van der Waals surface area contributed by atoms with Crippen molar-refractivity contribution in [2.45, 2.75) is 12.8 Å². The van der Waals surface area contributed by atoms with E-state index in [9.17, 15) is 14.0 Å². The summed E-state index contributed by atoms with van der Waals surface area (Å²) in [7, 11) is 1.77. The second kappa shape index (κ2) is 8.48. The van der Waals surface area contributed by atoms with Crippen molar-refractivity contribution in [3.63, 3.8) is 0 Å². The molecule has 1 fully saturated rings. The Bertz CT molecular complexity index is 1050. The van der Waals surface area contributed by atoms with Crippen LogP contribution in [0.25, 0.3) is 5.69 Å². The fourth-order valence-corrected chi connectivity index (χ4v) is 3.58. The Morgan fingerprint density at radius 1 is 1.23 bits per heavy atom. The molecule has 0 spiro atoms. The normalized spacial score (nSPS) is 14.7. The van der Waals surface area contributed by atoms with Gasteiger partial charge in [-0.15, -0.1) is 0 Å². The molecule has 3 heterocycles. The van der Waals surface area contributed by atoms with Gasteiger partial charge in [0.25, 0.3) is 11.8 Å². The second-order valence-corrected chi connectivity index (χ2v) is 7.47. The molecule has 0 unspecified atom stereocenters. The summed E-state index contributed by atoms with van der Waals surface area (Å²) in [4.78, 5) is 26.7. The minimum Gasteiger partial charge on any atom is -0.352 e. The Kier molecular flexibility index (Phi) is 5.60. The lowest BCUT2D eigenvalue weighted by Gasteiger charge is -2.31. The summed E-state index contributed by atoms with van der Waals surface area (Å²) < 4.78 is 16.5. The van der Waals surface area contributed by atoms with Crippen LogP contribution in [0.1, 0.15) is 33.7 Å². The van der Waals surface area contributed by atoms with E-state index in [1.165, 1.54) is 16.8 Å². The van der Waals surface area contributed by atoms with E-state index in [2.05, 4.69) is 15.5 Å². The van der Waals surface area contributed by atoms with Crippen molar-refractivity contribution >= 4 is 11.8 Å². The number of carbonyl (C=O) groups is 2. The van der Waals surface area contributed by atoms with Crippen molar-refractivity contribution in [1.29, 1.82) is 0 Å². The minimum absolute atomic E-state index is 0.135. The molecule has 156 valence electrons. The highest BCUT2D eigenvalue weighted by atomic mass is 19.1. The van der Waals surface area contributed by atoms with Gasteiger partial charge in [0.15, 0.2) is 5.69 Å². The van der Waals surface area contributed by atoms with Crippen molar-refractivity contribution in [2.24, 2.45) is 13.0 Å². The monoisotopic (exact) mass is 410 g/mol. The number of halogens is 1. The van der Waals surface area contributed by atoms with Gasteiger partial charge in [0.05, 0.1) is 17.4 Å². The molecule has 3 aromatic rings. The molecule has 4 rings (SSSR count). The number of rotatable bonds is 5. The second-order valence-electron chi connectivity index (χ2n) is 7.47. The van der Waals surface area contributed by atoms with Crippen LogP contribution in [0.4, 0.5) is 4.39 Å². The molecule has 1 aromatic carbocycles. The summed E-state index contributed by atoms with van der Waals surface area (Å²) in [5.74, 6) is -0.305. The highest BCUT2D eigenvalue weighted by Gasteiger charge is 2.25. The van der Waals surface area contributed by atoms with Crippen LogP contribution in [0.3, 0.4) is 0 Å². The number of nitrogens with one attached hydrogen (secondary N) is 1. The third-order valence-electron chi connectivity index (χ3n) is 5.30. The zero-order valence-corrected chi connectivity index (χ0v) is 16.7. The largest absolute Gasteiger partial charge is 0.352 e. The summed E-state index contributed by atoms with van der Waals surface area (Å²) in [5, 5.41) is 11.2. The number of aryl methyl sites for hydroxylation is 1. The lowest BCUT2D eigenvalue weighted by atomic mass is 9.96. The maximum atomic E-state index is 13.4. The molecule has 1 saturated heterocycles. The molecular weight excluding hydrogens is 387 g/mol. The Balaban J connectivity index is 1.29. The standard InChI is InChI=1S/C21H23FN6O2/c1-26-14-16(13-24-26)20(29)23-12-15-5-8-27(9-6-15)21(30)19-7-10-28(25-19)18-4-2-3-17(22)11-18/h2-4,7,10-11,13-15H,5-6,8-9,12H2,1H3,(H,23,29). The third-order valence-corrected chi connectivity index (χ3v) is 5.30. The van der Waals surface area contributed by atoms with E-state index in [-0.39, 0.29) is 17.6 Å². The smallest absolute Gasteiger partial charge is 0.274 e. The van der Waals surface area contributed by atoms with Crippen LogP contribution in [0.2, 0.25) is 0 Å². The van der Waals surface area contributed by atoms with E-state index in [4.69, 9.17) is 0 Å². The average molecular weight is 410 g/mol. The molecule has 8 nitrogen and oxygen atoms in total. The number of aromatic nitrogens is 4. The molecular formula is C21H23FN6O2. The van der Waals surface area contributed by atoms with E-state index in [1.54, 1.807) is 53.4 Å². The van der Waals surface area contributed by atoms with Gasteiger partial charge in [-0.3, -0.25) is 14.3 Å². The van der Waals surface area contributed by atoms with Gasteiger partial charge in [0.1, 0.15) is 5.82 Å². The maximum absolute atomic E-state index is 13.4. The first-order valence-electron chi connectivity index (χ1n) is 9.87. The number of benzene rings is 1. The van der Waals surface area contributed by atoms with Crippen LogP contribution >= 0.6 is 0 Å². The Morgan fingerprint density at radius 2 is 2.03 bits per heavy atom. The highest BCUT2D eigenvalue weighted by molar-refractivity contribution is 5.93. The summed E-state index contributed by atoms with van der Waals surface area (Å²) >= 11 is 0. The molecule has 0 saturated carbocycles. The van der Waals surface area contributed by atoms with Crippen molar-refractivity contribution in [1.82, 2.24) is 29.8 Å². The molecule has 2 amide bonds. The van der Waals surface area contributed by atoms with E-state index < -0.39 is 0 Å². The van der Waals surface area contributed by atoms with Crippen molar-refractivity contribution in [3.8, 4) is 5.69 Å². The van der Waals surface area contributed by atoms with Crippen LogP contribution in [0.5, 0.6) is 0 Å². The molecule has 0 aliphatic carbocycles. The Morgan fingerprint density at radius 3 is 2.73 bits per heavy atom. The van der Waals surface area contributed by atoms with E-state index >= 15 is 0 Å². The predicted molar refractivity (Wildman–Crippen MR) is 108 cm³/mol. The molecule has 1 N–H and O–H groups in total. The first-order valence-corrected chi connectivity index (χ1v) is 9.87. The summed E-state index contributed by atoms with van der Waals surface area (Å²) in [6.45, 7) is 1.79. The van der Waals surface area contributed by atoms with Crippen LogP contribution < -0.4 is 5.32 Å². The van der Waals surface area contributed by atoms with Crippen LogP contribution in [-0.4, -0.2) is 55.9 Å². The summed E-state index contributed by atoms with van der Waals surface area (Å²) in [5.41, 5.74) is 1.44. The highest BCUT2D eigenvalue weighted by Crippen LogP contribution is 2.19. The van der Waals surface area contributed by atoms with Crippen molar-refractivity contribution < 1.29 is 14.0 Å². The number of hydrogen-bond acceptors (Lipinski definition) is 4. The number of piperidine rings is 1.